The average molecular weight is 383 g/mol. The smallest absolute Gasteiger partial charge is 0.251 e. The number of amidine groups is 1. The van der Waals surface area contributed by atoms with E-state index in [1.54, 1.807) is 0 Å². The molecule has 150 valence electrons. The van der Waals surface area contributed by atoms with Crippen molar-refractivity contribution in [3.63, 3.8) is 0 Å². The fraction of sp³-hybridized carbons (Fsp3) is 0.667. The van der Waals surface area contributed by atoms with E-state index >= 15 is 0 Å². The van der Waals surface area contributed by atoms with E-state index in [4.69, 9.17) is 9.73 Å². The first-order chi connectivity index (χ1) is 13.7. The molecule has 1 atom stereocenters. The Morgan fingerprint density at radius 2 is 2.04 bits per heavy atom. The summed E-state index contributed by atoms with van der Waals surface area (Å²) in [6, 6.07) is 4.42. The summed E-state index contributed by atoms with van der Waals surface area (Å²) in [6.45, 7) is 2.17. The molecule has 1 spiro atoms. The number of nitrogens with one attached hydrogen (secondary N) is 2. The summed E-state index contributed by atoms with van der Waals surface area (Å²) in [5.74, 6) is 2.02. The van der Waals surface area contributed by atoms with Gasteiger partial charge >= 0.3 is 0 Å². The number of carbonyl (C=O) groups excluding carboxylic acids is 1. The van der Waals surface area contributed by atoms with Gasteiger partial charge in [-0.15, -0.1) is 0 Å². The number of fused-ring (bicyclic) bond motifs is 1. The zero-order chi connectivity index (χ0) is 19.0. The summed E-state index contributed by atoms with van der Waals surface area (Å²) >= 11 is 0. The van der Waals surface area contributed by atoms with E-state index in [2.05, 4.69) is 21.7 Å². The lowest BCUT2D eigenvalue weighted by atomic mass is 9.83. The standard InChI is InChI=1S/C21H29N5O2/c27-19(17-8-4-14-28-17)26-12-9-21(10-13-26)20(23-15-5-1-2-6-15)24-18-16(25-21)7-3-11-22-18/h3,7,11,15,17,25H,1-2,4-6,8-10,12-14H2,(H,22,23,24). The Bertz CT molecular complexity index is 760. The number of likely N-dealkylation sites (tertiary alicyclic amines) is 1. The number of aliphatic imine (C=N–C) groups is 1. The molecule has 1 aromatic heterocycles. The number of rotatable bonds is 2. The second kappa shape index (κ2) is 7.35. The van der Waals surface area contributed by atoms with Crippen molar-refractivity contribution in [1.82, 2.24) is 9.88 Å². The zero-order valence-corrected chi connectivity index (χ0v) is 16.3. The third kappa shape index (κ3) is 3.26. The zero-order valence-electron chi connectivity index (χ0n) is 16.3. The molecule has 7 nitrogen and oxygen atoms in total. The summed E-state index contributed by atoms with van der Waals surface area (Å²) in [5, 5.41) is 7.27. The lowest BCUT2D eigenvalue weighted by Gasteiger charge is -2.46. The van der Waals surface area contributed by atoms with Crippen LogP contribution in [0, 0.1) is 0 Å². The molecule has 28 heavy (non-hydrogen) atoms. The number of carbonyl (C=O) groups is 1. The topological polar surface area (TPSA) is 78.8 Å². The number of hydrogen-bond donors (Lipinski definition) is 2. The molecular weight excluding hydrogens is 354 g/mol. The van der Waals surface area contributed by atoms with Crippen LogP contribution in [0.1, 0.15) is 51.4 Å². The molecule has 7 heteroatoms. The monoisotopic (exact) mass is 383 g/mol. The summed E-state index contributed by atoms with van der Waals surface area (Å²) in [5.41, 5.74) is 0.776. The lowest BCUT2D eigenvalue weighted by molar-refractivity contribution is -0.142. The van der Waals surface area contributed by atoms with Crippen molar-refractivity contribution >= 4 is 23.2 Å². The normalized spacial score (nSPS) is 28.2. The summed E-state index contributed by atoms with van der Waals surface area (Å²) < 4.78 is 5.61. The number of nitrogens with zero attached hydrogens (tertiary/aromatic N) is 3. The highest BCUT2D eigenvalue weighted by atomic mass is 16.5. The number of hydrogen-bond acceptors (Lipinski definition) is 5. The van der Waals surface area contributed by atoms with Gasteiger partial charge in [0.05, 0.1) is 17.3 Å². The van der Waals surface area contributed by atoms with Crippen LogP contribution >= 0.6 is 0 Å². The molecule has 4 aliphatic rings. The first-order valence-corrected chi connectivity index (χ1v) is 10.7. The van der Waals surface area contributed by atoms with Gasteiger partial charge in [-0.25, -0.2) is 4.98 Å². The number of amides is 1. The maximum absolute atomic E-state index is 12.8. The molecule has 1 unspecified atom stereocenters. The van der Waals surface area contributed by atoms with Crippen molar-refractivity contribution in [2.24, 2.45) is 4.99 Å². The van der Waals surface area contributed by atoms with E-state index in [-0.39, 0.29) is 17.6 Å². The minimum Gasteiger partial charge on any atom is -0.370 e. The predicted octanol–water partition coefficient (Wildman–Crippen LogP) is 2.80. The van der Waals surface area contributed by atoms with E-state index in [1.165, 1.54) is 25.7 Å². The van der Waals surface area contributed by atoms with Gasteiger partial charge in [-0.1, -0.05) is 12.8 Å². The molecule has 1 amide bonds. The highest BCUT2D eigenvalue weighted by molar-refractivity contribution is 6.08. The molecule has 2 saturated heterocycles. The number of anilines is 2. The molecule has 1 saturated carbocycles. The molecule has 1 aliphatic carbocycles. The second-order valence-corrected chi connectivity index (χ2v) is 8.47. The van der Waals surface area contributed by atoms with Crippen LogP contribution in [0.15, 0.2) is 23.3 Å². The van der Waals surface area contributed by atoms with Crippen LogP contribution < -0.4 is 10.6 Å². The van der Waals surface area contributed by atoms with Gasteiger partial charge in [0.15, 0.2) is 5.82 Å². The summed E-state index contributed by atoms with van der Waals surface area (Å²) in [6.07, 6.45) is 9.97. The van der Waals surface area contributed by atoms with E-state index in [0.29, 0.717) is 12.6 Å². The Kier molecular flexibility index (Phi) is 4.70. The van der Waals surface area contributed by atoms with Crippen LogP contribution in [0.3, 0.4) is 0 Å². The van der Waals surface area contributed by atoms with E-state index in [0.717, 1.165) is 56.1 Å². The second-order valence-electron chi connectivity index (χ2n) is 8.47. The average Bonchev–Trinajstić information content (AvgIpc) is 3.43. The van der Waals surface area contributed by atoms with Crippen molar-refractivity contribution in [2.75, 3.05) is 30.3 Å². The van der Waals surface area contributed by atoms with Crippen LogP contribution in [-0.2, 0) is 9.53 Å². The largest absolute Gasteiger partial charge is 0.370 e. The maximum atomic E-state index is 12.8. The van der Waals surface area contributed by atoms with E-state index in [1.807, 2.05) is 17.2 Å². The highest BCUT2D eigenvalue weighted by Crippen LogP contribution is 2.37. The van der Waals surface area contributed by atoms with Gasteiger partial charge < -0.3 is 20.3 Å². The quantitative estimate of drug-likeness (QED) is 0.821. The Labute approximate surface area is 165 Å². The fourth-order valence-electron chi connectivity index (χ4n) is 4.97. The first kappa shape index (κ1) is 17.9. The van der Waals surface area contributed by atoms with Crippen molar-refractivity contribution in [3.8, 4) is 0 Å². The van der Waals surface area contributed by atoms with E-state index < -0.39 is 0 Å². The highest BCUT2D eigenvalue weighted by Gasteiger charge is 2.45. The van der Waals surface area contributed by atoms with Crippen LogP contribution in [0.2, 0.25) is 0 Å². The maximum Gasteiger partial charge on any atom is 0.251 e. The fourth-order valence-corrected chi connectivity index (χ4v) is 4.97. The molecular formula is C21H29N5O2. The molecule has 0 bridgehead atoms. The predicted molar refractivity (Wildman–Crippen MR) is 109 cm³/mol. The summed E-state index contributed by atoms with van der Waals surface area (Å²) in [7, 11) is 0. The Morgan fingerprint density at radius 1 is 1.21 bits per heavy atom. The third-order valence-corrected chi connectivity index (χ3v) is 6.64. The van der Waals surface area contributed by atoms with Crippen molar-refractivity contribution in [3.05, 3.63) is 18.3 Å². The van der Waals surface area contributed by atoms with Crippen LogP contribution in [0.25, 0.3) is 0 Å². The van der Waals surface area contributed by atoms with Gasteiger partial charge in [0.1, 0.15) is 11.9 Å². The molecule has 1 aromatic rings. The van der Waals surface area contributed by atoms with Crippen molar-refractivity contribution in [2.45, 2.75) is 69.1 Å². The number of aromatic nitrogens is 1. The molecule has 2 N–H and O–H groups in total. The van der Waals surface area contributed by atoms with Gasteiger partial charge in [-0.2, -0.15) is 0 Å². The molecule has 3 aliphatic heterocycles. The van der Waals surface area contributed by atoms with E-state index in [9.17, 15) is 4.79 Å². The molecule has 0 radical (unpaired) electrons. The lowest BCUT2D eigenvalue weighted by Crippen LogP contribution is -2.60. The minimum atomic E-state index is -0.244. The SMILES string of the molecule is O=C(C1CCCO1)N1CCC2(CC1)Nc1cccnc1NC2=NC1CCCC1. The van der Waals surface area contributed by atoms with Crippen molar-refractivity contribution < 1.29 is 9.53 Å². The Hall–Kier alpha value is -2.15. The van der Waals surface area contributed by atoms with Gasteiger partial charge in [-0.05, 0) is 50.7 Å². The first-order valence-electron chi connectivity index (χ1n) is 10.7. The minimum absolute atomic E-state index is 0.160. The molecule has 5 rings (SSSR count). The number of ether oxygens (including phenoxy) is 1. The van der Waals surface area contributed by atoms with Crippen LogP contribution in [0.5, 0.6) is 0 Å². The number of pyridine rings is 1. The summed E-state index contributed by atoms with van der Waals surface area (Å²) in [4.78, 5) is 24.4. The van der Waals surface area contributed by atoms with Gasteiger partial charge in [0.2, 0.25) is 0 Å². The van der Waals surface area contributed by atoms with Gasteiger partial charge in [0.25, 0.3) is 5.91 Å². The third-order valence-electron chi connectivity index (χ3n) is 6.64. The molecule has 3 fully saturated rings. The van der Waals surface area contributed by atoms with Gasteiger partial charge in [-0.3, -0.25) is 9.79 Å². The van der Waals surface area contributed by atoms with Gasteiger partial charge in [0, 0.05) is 25.9 Å². The number of piperidine rings is 1. The van der Waals surface area contributed by atoms with Crippen molar-refractivity contribution in [1.29, 1.82) is 0 Å². The molecule has 4 heterocycles. The van der Waals surface area contributed by atoms with Crippen LogP contribution in [-0.4, -0.2) is 59.0 Å². The molecule has 0 aromatic carbocycles. The van der Waals surface area contributed by atoms with Crippen LogP contribution in [0.4, 0.5) is 11.5 Å². The Morgan fingerprint density at radius 3 is 2.79 bits per heavy atom. The Balaban J connectivity index is 1.37.